The molecule has 11 nitrogen and oxygen atoms in total. The number of hydrogen-bond donors (Lipinski definition) is 2. The highest BCUT2D eigenvalue weighted by Crippen LogP contribution is 2.67. The molecule has 2 heterocycles. The average Bonchev–Trinajstić information content (AvgIpc) is 3.40. The second-order valence-corrected chi connectivity index (χ2v) is 13.5. The Labute approximate surface area is 289 Å². The van der Waals surface area contributed by atoms with Crippen LogP contribution < -0.4 is 14.4 Å². The molecule has 2 N–H and O–H groups in total. The van der Waals surface area contributed by atoms with Gasteiger partial charge in [0, 0.05) is 36.6 Å². The molecule has 2 saturated heterocycles. The van der Waals surface area contributed by atoms with E-state index < -0.39 is 110 Å². The van der Waals surface area contributed by atoms with Gasteiger partial charge in [-0.3, -0.25) is 28.9 Å². The van der Waals surface area contributed by atoms with E-state index in [0.717, 1.165) is 18.1 Å². The number of benzene rings is 2. The van der Waals surface area contributed by atoms with E-state index in [-0.39, 0.29) is 53.3 Å². The Kier molecular flexibility index (Phi) is 8.57. The van der Waals surface area contributed by atoms with Gasteiger partial charge in [-0.25, -0.2) is 26.9 Å². The van der Waals surface area contributed by atoms with Gasteiger partial charge in [0.1, 0.15) is 22.9 Å². The molecule has 4 amide bonds. The number of carboxylic acid groups (broad SMARTS) is 1. The smallest absolute Gasteiger partial charge is 0.303 e. The van der Waals surface area contributed by atoms with Crippen molar-refractivity contribution in [2.45, 2.75) is 41.3 Å². The van der Waals surface area contributed by atoms with Crippen molar-refractivity contribution in [2.24, 2.45) is 17.8 Å². The zero-order valence-electron chi connectivity index (χ0n) is 25.9. The number of likely N-dealkylation sites (tertiary alicyclic amines) is 1. The number of carboxylic acids is 1. The number of amides is 4. The minimum absolute atomic E-state index is 0.0410. The first-order chi connectivity index (χ1) is 23.5. The van der Waals surface area contributed by atoms with Gasteiger partial charge in [0.15, 0.2) is 33.0 Å². The van der Waals surface area contributed by atoms with Gasteiger partial charge in [0.05, 0.1) is 26.1 Å². The number of imide groups is 2. The molecule has 4 aliphatic rings. The number of aromatic hydroxyl groups is 1. The van der Waals surface area contributed by atoms with Crippen molar-refractivity contribution in [1.29, 1.82) is 0 Å². The standard InChI is InChI=1S/C32H25Cl2F5N2O9/c1-49-11-8-15(42)19(16(9-11)50-2)20-12-5-6-13-18(28(46)40(27(13)45)7-3-4-17(43)44)14(12)10-31(33)29(47)41(30(48)32(20,31)34)26-24(38)22(36)21(35)23(37)25(26)39/h5,8-9,13-14,18,20,42H,3-4,6-7,10H2,1-2H3,(H,43,44). The minimum atomic E-state index is -2.88. The van der Waals surface area contributed by atoms with E-state index in [1.165, 1.54) is 19.3 Å². The van der Waals surface area contributed by atoms with E-state index in [0.29, 0.717) is 0 Å². The Balaban J connectivity index is 1.58. The van der Waals surface area contributed by atoms with Crippen LogP contribution in [0.2, 0.25) is 0 Å². The summed E-state index contributed by atoms with van der Waals surface area (Å²) in [4.78, 5) is 62.0. The molecule has 266 valence electrons. The van der Waals surface area contributed by atoms with Gasteiger partial charge in [-0.1, -0.05) is 11.6 Å². The Morgan fingerprint density at radius 3 is 2.12 bits per heavy atom. The van der Waals surface area contributed by atoms with Crippen LogP contribution in [0.4, 0.5) is 27.6 Å². The van der Waals surface area contributed by atoms with E-state index in [1.807, 2.05) is 0 Å². The summed E-state index contributed by atoms with van der Waals surface area (Å²) in [7, 11) is 2.42. The number of phenolic OH excluding ortho intramolecular Hbond substituents is 1. The summed E-state index contributed by atoms with van der Waals surface area (Å²) in [5.74, 6) is -24.7. The van der Waals surface area contributed by atoms with Gasteiger partial charge in [-0.05, 0) is 25.2 Å². The Morgan fingerprint density at radius 1 is 0.920 bits per heavy atom. The molecular formula is C32H25Cl2F5N2O9. The normalized spacial score (nSPS) is 28.8. The van der Waals surface area contributed by atoms with E-state index >= 15 is 8.78 Å². The molecule has 2 aromatic rings. The molecule has 0 spiro atoms. The van der Waals surface area contributed by atoms with Crippen LogP contribution in [0.1, 0.15) is 37.2 Å². The molecule has 2 aliphatic heterocycles. The van der Waals surface area contributed by atoms with Crippen molar-refractivity contribution >= 4 is 58.5 Å². The summed E-state index contributed by atoms with van der Waals surface area (Å²) in [5.41, 5.74) is -2.16. The van der Waals surface area contributed by atoms with Crippen LogP contribution in [0.25, 0.3) is 0 Å². The third-order valence-electron chi connectivity index (χ3n) is 9.92. The number of rotatable bonds is 8. The first-order valence-electron chi connectivity index (χ1n) is 15.0. The van der Waals surface area contributed by atoms with Crippen LogP contribution in [0.15, 0.2) is 23.8 Å². The molecule has 0 bridgehead atoms. The van der Waals surface area contributed by atoms with Gasteiger partial charge >= 0.3 is 5.97 Å². The maximum atomic E-state index is 15.2. The number of alkyl halides is 2. The second kappa shape index (κ2) is 12.1. The lowest BCUT2D eigenvalue weighted by molar-refractivity contribution is -0.142. The fraction of sp³-hybridized carbons (Fsp3) is 0.406. The Hall–Kier alpha value is -4.44. The number of aliphatic carboxylic acids is 1. The molecule has 6 atom stereocenters. The lowest BCUT2D eigenvalue weighted by atomic mass is 9.56. The number of carbonyl (C=O) groups excluding carboxylic acids is 4. The summed E-state index contributed by atoms with van der Waals surface area (Å²) in [5, 5.41) is 20.4. The van der Waals surface area contributed by atoms with Crippen LogP contribution in [0.3, 0.4) is 0 Å². The van der Waals surface area contributed by atoms with Crippen molar-refractivity contribution in [1.82, 2.24) is 4.90 Å². The maximum absolute atomic E-state index is 15.2. The number of halogens is 7. The van der Waals surface area contributed by atoms with Gasteiger partial charge in [0.2, 0.25) is 17.6 Å². The van der Waals surface area contributed by atoms with Crippen molar-refractivity contribution < 1.29 is 65.6 Å². The van der Waals surface area contributed by atoms with Crippen molar-refractivity contribution in [3.8, 4) is 17.2 Å². The SMILES string of the molecule is COc1cc(O)c(C2C3=CCC4C(=O)N(CCCC(=O)O)C(=O)C4C3CC3(Cl)C(=O)N(c4c(F)c(F)c(F)c(F)c4F)C(=O)C23Cl)c(OC)c1. The molecule has 1 saturated carbocycles. The van der Waals surface area contributed by atoms with Crippen molar-refractivity contribution in [3.63, 3.8) is 0 Å². The molecule has 2 aliphatic carbocycles. The van der Waals surface area contributed by atoms with Crippen LogP contribution >= 0.6 is 23.2 Å². The topological polar surface area (TPSA) is 151 Å². The summed E-state index contributed by atoms with van der Waals surface area (Å²) >= 11 is 14.2. The molecule has 6 unspecified atom stereocenters. The maximum Gasteiger partial charge on any atom is 0.303 e. The molecule has 18 heteroatoms. The Morgan fingerprint density at radius 2 is 1.54 bits per heavy atom. The third kappa shape index (κ3) is 4.63. The number of hydrogen-bond acceptors (Lipinski definition) is 8. The van der Waals surface area contributed by atoms with Crippen molar-refractivity contribution in [2.75, 3.05) is 25.7 Å². The second-order valence-electron chi connectivity index (χ2n) is 12.3. The van der Waals surface area contributed by atoms with E-state index in [1.54, 1.807) is 0 Å². The van der Waals surface area contributed by atoms with Crippen LogP contribution in [0, 0.1) is 46.8 Å². The first kappa shape index (κ1) is 35.4. The monoisotopic (exact) mass is 746 g/mol. The highest BCUT2D eigenvalue weighted by Gasteiger charge is 2.77. The number of allylic oxidation sites excluding steroid dienone is 2. The van der Waals surface area contributed by atoms with E-state index in [4.69, 9.17) is 37.8 Å². The fourth-order valence-corrected chi connectivity index (χ4v) is 8.64. The number of fused-ring (bicyclic) bond motifs is 4. The van der Waals surface area contributed by atoms with E-state index in [2.05, 4.69) is 0 Å². The molecule has 6 rings (SSSR count). The van der Waals surface area contributed by atoms with Crippen LogP contribution in [0.5, 0.6) is 17.2 Å². The first-order valence-corrected chi connectivity index (χ1v) is 15.7. The number of ether oxygens (including phenoxy) is 2. The lowest BCUT2D eigenvalue weighted by Gasteiger charge is -2.50. The molecule has 0 radical (unpaired) electrons. The number of methoxy groups -OCH3 is 2. The average molecular weight is 747 g/mol. The van der Waals surface area contributed by atoms with Crippen LogP contribution in [-0.4, -0.2) is 75.2 Å². The summed E-state index contributed by atoms with van der Waals surface area (Å²) in [6, 6.07) is 2.35. The predicted octanol–water partition coefficient (Wildman–Crippen LogP) is 4.53. The molecule has 3 fully saturated rings. The summed E-state index contributed by atoms with van der Waals surface area (Å²) < 4.78 is 83.9. The third-order valence-corrected chi connectivity index (χ3v) is 11.3. The molecule has 0 aromatic heterocycles. The van der Waals surface area contributed by atoms with Crippen LogP contribution in [-0.2, 0) is 24.0 Å². The zero-order valence-corrected chi connectivity index (χ0v) is 27.4. The van der Waals surface area contributed by atoms with Gasteiger partial charge < -0.3 is 19.7 Å². The largest absolute Gasteiger partial charge is 0.507 e. The summed E-state index contributed by atoms with van der Waals surface area (Å²) in [6.07, 6.45) is 0.120. The highest BCUT2D eigenvalue weighted by atomic mass is 35.5. The Bertz CT molecular complexity index is 1920. The predicted molar refractivity (Wildman–Crippen MR) is 161 cm³/mol. The number of phenols is 1. The fourth-order valence-electron chi connectivity index (χ4n) is 7.72. The van der Waals surface area contributed by atoms with Gasteiger partial charge in [-0.2, -0.15) is 0 Å². The molecule has 2 aromatic carbocycles. The lowest BCUT2D eigenvalue weighted by Crippen LogP contribution is -2.60. The van der Waals surface area contributed by atoms with E-state index in [9.17, 15) is 42.3 Å². The van der Waals surface area contributed by atoms with Crippen molar-refractivity contribution in [3.05, 3.63) is 58.4 Å². The van der Waals surface area contributed by atoms with Gasteiger partial charge in [0.25, 0.3) is 11.8 Å². The number of anilines is 1. The number of carbonyl (C=O) groups is 5. The number of nitrogens with zero attached hydrogens (tertiary/aromatic N) is 2. The molecular weight excluding hydrogens is 722 g/mol. The minimum Gasteiger partial charge on any atom is -0.507 e. The highest BCUT2D eigenvalue weighted by molar-refractivity contribution is 6.58. The zero-order chi connectivity index (χ0) is 36.8. The molecule has 50 heavy (non-hydrogen) atoms. The quantitative estimate of drug-likeness (QED) is 0.0992. The van der Waals surface area contributed by atoms with Gasteiger partial charge in [-0.15, -0.1) is 23.2 Å². The summed E-state index contributed by atoms with van der Waals surface area (Å²) in [6.45, 7) is -0.257.